The summed E-state index contributed by atoms with van der Waals surface area (Å²) in [6.07, 6.45) is 0. The van der Waals surface area contributed by atoms with Gasteiger partial charge in [0.2, 0.25) is 0 Å². The van der Waals surface area contributed by atoms with Gasteiger partial charge in [0.1, 0.15) is 0 Å². The summed E-state index contributed by atoms with van der Waals surface area (Å²) in [7, 11) is 0.505. The third-order valence-electron chi connectivity index (χ3n) is 3.42. The van der Waals surface area contributed by atoms with E-state index in [1.807, 2.05) is 42.3 Å². The molecule has 0 aliphatic heterocycles. The first-order valence-electron chi connectivity index (χ1n) is 7.35. The predicted molar refractivity (Wildman–Crippen MR) is 92.8 cm³/mol. The second kappa shape index (κ2) is 7.63. The Kier molecular flexibility index (Phi) is 6.41. The van der Waals surface area contributed by atoms with Gasteiger partial charge in [-0.2, -0.15) is 0 Å². The number of guanidine groups is 1. The molecule has 124 valence electrons. The molecule has 0 aliphatic carbocycles. The summed E-state index contributed by atoms with van der Waals surface area (Å²) in [5, 5.41) is 3.11. The van der Waals surface area contributed by atoms with Gasteiger partial charge in [-0.1, -0.05) is 30.3 Å². The van der Waals surface area contributed by atoms with Crippen molar-refractivity contribution < 1.29 is 8.42 Å². The maximum atomic E-state index is 12.1. The molecule has 6 heteroatoms. The Morgan fingerprint density at radius 3 is 2.32 bits per heavy atom. The molecule has 0 spiro atoms. The van der Waals surface area contributed by atoms with Crippen molar-refractivity contribution in [1.29, 1.82) is 0 Å². The molecule has 0 fully saturated rings. The van der Waals surface area contributed by atoms with E-state index in [2.05, 4.69) is 10.3 Å². The molecule has 22 heavy (non-hydrogen) atoms. The highest BCUT2D eigenvalue weighted by atomic mass is 32.2. The van der Waals surface area contributed by atoms with Crippen molar-refractivity contribution in [3.8, 4) is 0 Å². The highest BCUT2D eigenvalue weighted by Gasteiger charge is 2.28. The maximum Gasteiger partial charge on any atom is 0.193 e. The molecule has 1 N–H and O–H groups in total. The molecule has 0 unspecified atom stereocenters. The molecule has 5 nitrogen and oxygen atoms in total. The van der Waals surface area contributed by atoms with Crippen molar-refractivity contribution in [2.24, 2.45) is 4.99 Å². The summed E-state index contributed by atoms with van der Waals surface area (Å²) in [6.45, 7) is 6.23. The molecule has 0 saturated heterocycles. The Balaban J connectivity index is 2.56. The van der Waals surface area contributed by atoms with Crippen LogP contribution < -0.4 is 5.32 Å². The maximum absolute atomic E-state index is 12.1. The van der Waals surface area contributed by atoms with E-state index in [4.69, 9.17) is 0 Å². The second-order valence-electron chi connectivity index (χ2n) is 6.25. The topological polar surface area (TPSA) is 61.8 Å². The van der Waals surface area contributed by atoms with Crippen LogP contribution in [0.3, 0.4) is 0 Å². The van der Waals surface area contributed by atoms with E-state index in [-0.39, 0.29) is 5.75 Å². The largest absolute Gasteiger partial charge is 0.355 e. The van der Waals surface area contributed by atoms with Crippen LogP contribution in [-0.2, 0) is 16.4 Å². The Morgan fingerprint density at radius 1 is 1.23 bits per heavy atom. The SMILES string of the molecule is CN=C(NCCS(=O)(=O)C(C)(C)C)N(C)Cc1ccccc1. The van der Waals surface area contributed by atoms with Gasteiger partial charge in [-0.3, -0.25) is 4.99 Å². The van der Waals surface area contributed by atoms with Crippen LogP contribution in [0.25, 0.3) is 0 Å². The summed E-state index contributed by atoms with van der Waals surface area (Å²) >= 11 is 0. The van der Waals surface area contributed by atoms with Gasteiger partial charge in [0, 0.05) is 27.2 Å². The number of nitrogens with one attached hydrogen (secondary N) is 1. The third-order valence-corrected chi connectivity index (χ3v) is 6.03. The van der Waals surface area contributed by atoms with Crippen LogP contribution in [0, 0.1) is 0 Å². The molecule has 0 radical (unpaired) electrons. The van der Waals surface area contributed by atoms with Crippen LogP contribution in [0.4, 0.5) is 0 Å². The monoisotopic (exact) mass is 325 g/mol. The van der Waals surface area contributed by atoms with Crippen molar-refractivity contribution in [2.75, 3.05) is 26.4 Å². The molecule has 0 saturated carbocycles. The van der Waals surface area contributed by atoms with E-state index < -0.39 is 14.6 Å². The van der Waals surface area contributed by atoms with Gasteiger partial charge in [0.05, 0.1) is 10.5 Å². The lowest BCUT2D eigenvalue weighted by molar-refractivity contribution is 0.478. The molecule has 0 aliphatic rings. The fourth-order valence-corrected chi connectivity index (χ4v) is 2.90. The molecule has 1 aromatic rings. The van der Waals surface area contributed by atoms with Crippen LogP contribution in [0.5, 0.6) is 0 Å². The number of hydrogen-bond acceptors (Lipinski definition) is 3. The fraction of sp³-hybridized carbons (Fsp3) is 0.562. The number of nitrogens with zero attached hydrogens (tertiary/aromatic N) is 2. The molecule has 1 aromatic carbocycles. The molecule has 0 heterocycles. The number of rotatable bonds is 5. The average molecular weight is 325 g/mol. The minimum atomic E-state index is -3.12. The van der Waals surface area contributed by atoms with Crippen molar-refractivity contribution >= 4 is 15.8 Å². The molecular formula is C16H27N3O2S. The Labute approximate surface area is 134 Å². The zero-order valence-electron chi connectivity index (χ0n) is 14.1. The van der Waals surface area contributed by atoms with Gasteiger partial charge in [-0.25, -0.2) is 8.42 Å². The first-order chi connectivity index (χ1) is 10.2. The number of hydrogen-bond donors (Lipinski definition) is 1. The Morgan fingerprint density at radius 2 is 1.82 bits per heavy atom. The average Bonchev–Trinajstić information content (AvgIpc) is 2.43. The summed E-state index contributed by atoms with van der Waals surface area (Å²) in [5.41, 5.74) is 1.18. The summed E-state index contributed by atoms with van der Waals surface area (Å²) in [6, 6.07) is 10.1. The van der Waals surface area contributed by atoms with Crippen molar-refractivity contribution in [3.63, 3.8) is 0 Å². The van der Waals surface area contributed by atoms with Crippen LogP contribution >= 0.6 is 0 Å². The minimum Gasteiger partial charge on any atom is -0.355 e. The normalized spacial score (nSPS) is 13.0. The zero-order chi connectivity index (χ0) is 16.8. The molecule has 0 bridgehead atoms. The predicted octanol–water partition coefficient (Wildman–Crippen LogP) is 1.91. The van der Waals surface area contributed by atoms with E-state index in [1.54, 1.807) is 27.8 Å². The lowest BCUT2D eigenvalue weighted by atomic mass is 10.2. The van der Waals surface area contributed by atoms with E-state index in [0.717, 1.165) is 0 Å². The van der Waals surface area contributed by atoms with Crippen molar-refractivity contribution in [3.05, 3.63) is 35.9 Å². The first-order valence-corrected chi connectivity index (χ1v) is 9.00. The minimum absolute atomic E-state index is 0.0920. The molecule has 0 amide bonds. The summed E-state index contributed by atoms with van der Waals surface area (Å²) < 4.78 is 23.5. The lowest BCUT2D eigenvalue weighted by Crippen LogP contribution is -2.42. The molecular weight excluding hydrogens is 298 g/mol. The third kappa shape index (κ3) is 5.33. The van der Waals surface area contributed by atoms with Crippen molar-refractivity contribution in [2.45, 2.75) is 32.1 Å². The van der Waals surface area contributed by atoms with E-state index in [1.165, 1.54) is 5.56 Å². The number of benzene rings is 1. The second-order valence-corrected chi connectivity index (χ2v) is 9.11. The summed E-state index contributed by atoms with van der Waals surface area (Å²) in [4.78, 5) is 6.17. The lowest BCUT2D eigenvalue weighted by Gasteiger charge is -2.23. The van der Waals surface area contributed by atoms with Crippen LogP contribution in [0.15, 0.2) is 35.3 Å². The van der Waals surface area contributed by atoms with Gasteiger partial charge in [0.25, 0.3) is 0 Å². The van der Waals surface area contributed by atoms with Gasteiger partial charge in [-0.05, 0) is 26.3 Å². The zero-order valence-corrected chi connectivity index (χ0v) is 14.9. The van der Waals surface area contributed by atoms with E-state index >= 15 is 0 Å². The Hall–Kier alpha value is -1.56. The van der Waals surface area contributed by atoms with Crippen LogP contribution in [0.2, 0.25) is 0 Å². The molecule has 0 aromatic heterocycles. The first kappa shape index (κ1) is 18.5. The van der Waals surface area contributed by atoms with E-state index in [0.29, 0.717) is 19.0 Å². The van der Waals surface area contributed by atoms with Gasteiger partial charge < -0.3 is 10.2 Å². The molecule has 0 atom stereocenters. The highest BCUT2D eigenvalue weighted by molar-refractivity contribution is 7.92. The number of sulfone groups is 1. The van der Waals surface area contributed by atoms with E-state index in [9.17, 15) is 8.42 Å². The van der Waals surface area contributed by atoms with Crippen molar-refractivity contribution in [1.82, 2.24) is 10.2 Å². The fourth-order valence-electron chi connectivity index (χ4n) is 1.92. The van der Waals surface area contributed by atoms with Crippen LogP contribution in [0.1, 0.15) is 26.3 Å². The van der Waals surface area contributed by atoms with Gasteiger partial charge in [-0.15, -0.1) is 0 Å². The summed E-state index contributed by atoms with van der Waals surface area (Å²) in [5.74, 6) is 0.780. The molecule has 1 rings (SSSR count). The van der Waals surface area contributed by atoms with Crippen LogP contribution in [-0.4, -0.2) is 50.4 Å². The van der Waals surface area contributed by atoms with Gasteiger partial charge >= 0.3 is 0 Å². The quantitative estimate of drug-likeness (QED) is 0.663. The standard InChI is InChI=1S/C16H27N3O2S/c1-16(2,3)22(20,21)12-11-18-15(17-4)19(5)13-14-9-7-6-8-10-14/h6-10H,11-13H2,1-5H3,(H,17,18). The Bertz CT molecular complexity index is 590. The highest BCUT2D eigenvalue weighted by Crippen LogP contribution is 2.15. The van der Waals surface area contributed by atoms with Gasteiger partial charge in [0.15, 0.2) is 15.8 Å². The smallest absolute Gasteiger partial charge is 0.193 e. The number of aliphatic imine (C=N–C) groups is 1.